The highest BCUT2D eigenvalue weighted by Gasteiger charge is 2.27. The van der Waals surface area contributed by atoms with E-state index in [4.69, 9.17) is 9.47 Å². The lowest BCUT2D eigenvalue weighted by Gasteiger charge is -2.29. The Morgan fingerprint density at radius 1 is 1.28 bits per heavy atom. The molecule has 7 heteroatoms. The van der Waals surface area contributed by atoms with E-state index in [9.17, 15) is 4.79 Å². The molecule has 2 saturated heterocycles. The average Bonchev–Trinajstić information content (AvgIpc) is 2.99. The standard InChI is InChI=1S/C18H34N4O3/c1-5-19-17(20-12-16(23)25-18(2,3)4)22-7-6-15(14-22)13-21-8-10-24-11-9-21/h15H,5-14H2,1-4H3,(H,19,20). The number of nitrogens with one attached hydrogen (secondary N) is 1. The molecule has 0 aliphatic carbocycles. The van der Waals surface area contributed by atoms with Gasteiger partial charge in [-0.3, -0.25) is 9.69 Å². The van der Waals surface area contributed by atoms with Crippen LogP contribution < -0.4 is 5.32 Å². The maximum atomic E-state index is 11.9. The normalized spacial score (nSPS) is 23.0. The van der Waals surface area contributed by atoms with E-state index in [1.807, 2.05) is 27.7 Å². The lowest BCUT2D eigenvalue weighted by atomic mass is 10.1. The van der Waals surface area contributed by atoms with Gasteiger partial charge in [-0.15, -0.1) is 0 Å². The molecule has 2 heterocycles. The molecule has 0 aromatic heterocycles. The summed E-state index contributed by atoms with van der Waals surface area (Å²) in [4.78, 5) is 21.2. The molecule has 1 unspecified atom stereocenters. The molecular formula is C18H34N4O3. The number of aliphatic imine (C=N–C) groups is 1. The first-order valence-electron chi connectivity index (χ1n) is 9.42. The molecule has 0 aromatic rings. The van der Waals surface area contributed by atoms with Crippen molar-refractivity contribution in [2.45, 2.75) is 39.7 Å². The van der Waals surface area contributed by atoms with Crippen molar-refractivity contribution in [2.75, 3.05) is 59.0 Å². The molecule has 0 spiro atoms. The number of hydrogen-bond donors (Lipinski definition) is 1. The number of carbonyl (C=O) groups is 1. The minimum absolute atomic E-state index is 0.0598. The summed E-state index contributed by atoms with van der Waals surface area (Å²) < 4.78 is 10.8. The number of hydrogen-bond acceptors (Lipinski definition) is 5. The number of carbonyl (C=O) groups excluding carboxylic acids is 1. The quantitative estimate of drug-likeness (QED) is 0.450. The fourth-order valence-electron chi connectivity index (χ4n) is 3.26. The van der Waals surface area contributed by atoms with E-state index in [2.05, 4.69) is 20.1 Å². The predicted molar refractivity (Wildman–Crippen MR) is 98.8 cm³/mol. The van der Waals surface area contributed by atoms with Gasteiger partial charge < -0.3 is 19.7 Å². The molecule has 0 aromatic carbocycles. The Morgan fingerprint density at radius 3 is 2.64 bits per heavy atom. The molecule has 7 nitrogen and oxygen atoms in total. The van der Waals surface area contributed by atoms with Crippen LogP contribution in [0.2, 0.25) is 0 Å². The van der Waals surface area contributed by atoms with Crippen LogP contribution in [0.4, 0.5) is 0 Å². The van der Waals surface area contributed by atoms with Gasteiger partial charge >= 0.3 is 5.97 Å². The highest BCUT2D eigenvalue weighted by Crippen LogP contribution is 2.18. The van der Waals surface area contributed by atoms with Gasteiger partial charge in [0.25, 0.3) is 0 Å². The number of guanidine groups is 1. The van der Waals surface area contributed by atoms with Gasteiger partial charge in [-0.25, -0.2) is 4.99 Å². The van der Waals surface area contributed by atoms with Crippen molar-refractivity contribution in [3.8, 4) is 0 Å². The molecule has 2 aliphatic rings. The Morgan fingerprint density at radius 2 is 2.00 bits per heavy atom. The highest BCUT2D eigenvalue weighted by molar-refractivity contribution is 5.83. The van der Waals surface area contributed by atoms with E-state index in [1.54, 1.807) is 0 Å². The van der Waals surface area contributed by atoms with E-state index >= 15 is 0 Å². The summed E-state index contributed by atoms with van der Waals surface area (Å²) in [6.45, 7) is 15.3. The van der Waals surface area contributed by atoms with E-state index in [0.717, 1.165) is 64.9 Å². The summed E-state index contributed by atoms with van der Waals surface area (Å²) >= 11 is 0. The molecular weight excluding hydrogens is 320 g/mol. The monoisotopic (exact) mass is 354 g/mol. The van der Waals surface area contributed by atoms with Gasteiger partial charge in [-0.05, 0) is 40.0 Å². The minimum atomic E-state index is -0.470. The molecule has 1 N–H and O–H groups in total. The molecule has 144 valence electrons. The van der Waals surface area contributed by atoms with Crippen LogP contribution in [0.1, 0.15) is 34.1 Å². The van der Waals surface area contributed by atoms with Gasteiger partial charge in [0.2, 0.25) is 0 Å². The first-order chi connectivity index (χ1) is 11.9. The van der Waals surface area contributed by atoms with Crippen molar-refractivity contribution >= 4 is 11.9 Å². The summed E-state index contributed by atoms with van der Waals surface area (Å²) in [5, 5.41) is 3.30. The van der Waals surface area contributed by atoms with Crippen LogP contribution in [0.25, 0.3) is 0 Å². The third-order valence-corrected chi connectivity index (χ3v) is 4.32. The smallest absolute Gasteiger partial charge is 0.328 e. The van der Waals surface area contributed by atoms with Crippen LogP contribution >= 0.6 is 0 Å². The summed E-state index contributed by atoms with van der Waals surface area (Å²) in [6, 6.07) is 0. The van der Waals surface area contributed by atoms with Gasteiger partial charge in [0, 0.05) is 39.3 Å². The molecule has 0 saturated carbocycles. The number of morpholine rings is 1. The predicted octanol–water partition coefficient (Wildman–Crippen LogP) is 0.948. The van der Waals surface area contributed by atoms with E-state index < -0.39 is 5.60 Å². The number of ether oxygens (including phenoxy) is 2. The molecule has 0 bridgehead atoms. The number of esters is 1. The van der Waals surface area contributed by atoms with Crippen LogP contribution in [0, 0.1) is 5.92 Å². The summed E-state index contributed by atoms with van der Waals surface area (Å²) in [5.41, 5.74) is -0.470. The second-order valence-corrected chi connectivity index (χ2v) is 7.77. The van der Waals surface area contributed by atoms with Crippen LogP contribution in [0.5, 0.6) is 0 Å². The van der Waals surface area contributed by atoms with Crippen LogP contribution in [-0.4, -0.2) is 86.4 Å². The van der Waals surface area contributed by atoms with Crippen molar-refractivity contribution in [3.63, 3.8) is 0 Å². The summed E-state index contributed by atoms with van der Waals surface area (Å²) in [5.74, 6) is 1.17. The zero-order chi connectivity index (χ0) is 18.3. The van der Waals surface area contributed by atoms with E-state index in [0.29, 0.717) is 5.92 Å². The first-order valence-corrected chi connectivity index (χ1v) is 9.42. The SMILES string of the molecule is CCNC(=NCC(=O)OC(C)(C)C)N1CCC(CN2CCOCC2)C1. The zero-order valence-corrected chi connectivity index (χ0v) is 16.2. The molecule has 0 radical (unpaired) electrons. The Bertz CT molecular complexity index is 456. The average molecular weight is 354 g/mol. The number of likely N-dealkylation sites (tertiary alicyclic amines) is 1. The molecule has 2 rings (SSSR count). The zero-order valence-electron chi connectivity index (χ0n) is 16.2. The Balaban J connectivity index is 1.84. The third-order valence-electron chi connectivity index (χ3n) is 4.32. The lowest BCUT2D eigenvalue weighted by Crippen LogP contribution is -2.42. The van der Waals surface area contributed by atoms with Gasteiger partial charge in [0.15, 0.2) is 5.96 Å². The van der Waals surface area contributed by atoms with E-state index in [1.165, 1.54) is 0 Å². The maximum Gasteiger partial charge on any atom is 0.328 e. The van der Waals surface area contributed by atoms with Gasteiger partial charge in [-0.1, -0.05) is 0 Å². The molecule has 2 fully saturated rings. The van der Waals surface area contributed by atoms with E-state index in [-0.39, 0.29) is 12.5 Å². The van der Waals surface area contributed by atoms with Crippen molar-refractivity contribution < 1.29 is 14.3 Å². The van der Waals surface area contributed by atoms with Crippen molar-refractivity contribution in [3.05, 3.63) is 0 Å². The fraction of sp³-hybridized carbons (Fsp3) is 0.889. The first kappa shape index (κ1) is 20.0. The highest BCUT2D eigenvalue weighted by atomic mass is 16.6. The molecule has 25 heavy (non-hydrogen) atoms. The Labute approximate surface area is 151 Å². The molecule has 2 aliphatic heterocycles. The maximum absolute atomic E-state index is 11.9. The molecule has 1 atom stereocenters. The Hall–Kier alpha value is -1.34. The van der Waals surface area contributed by atoms with Crippen molar-refractivity contribution in [1.29, 1.82) is 0 Å². The van der Waals surface area contributed by atoms with Gasteiger partial charge in [0.1, 0.15) is 12.1 Å². The largest absolute Gasteiger partial charge is 0.459 e. The Kier molecular flexibility index (Phi) is 7.50. The van der Waals surface area contributed by atoms with Crippen LogP contribution in [0.15, 0.2) is 4.99 Å². The van der Waals surface area contributed by atoms with Gasteiger partial charge in [-0.2, -0.15) is 0 Å². The lowest BCUT2D eigenvalue weighted by molar-refractivity contribution is -0.152. The summed E-state index contributed by atoms with van der Waals surface area (Å²) in [6.07, 6.45) is 1.16. The third kappa shape index (κ3) is 7.20. The van der Waals surface area contributed by atoms with Crippen LogP contribution in [-0.2, 0) is 14.3 Å². The summed E-state index contributed by atoms with van der Waals surface area (Å²) in [7, 11) is 0. The number of rotatable bonds is 5. The van der Waals surface area contributed by atoms with Crippen molar-refractivity contribution in [1.82, 2.24) is 15.1 Å². The van der Waals surface area contributed by atoms with Crippen LogP contribution in [0.3, 0.4) is 0 Å². The minimum Gasteiger partial charge on any atom is -0.459 e. The number of nitrogens with zero attached hydrogens (tertiary/aromatic N) is 3. The van der Waals surface area contributed by atoms with Gasteiger partial charge in [0.05, 0.1) is 13.2 Å². The second-order valence-electron chi connectivity index (χ2n) is 7.77. The topological polar surface area (TPSA) is 66.4 Å². The van der Waals surface area contributed by atoms with Crippen molar-refractivity contribution in [2.24, 2.45) is 10.9 Å². The second kappa shape index (κ2) is 9.38. The fourth-order valence-corrected chi connectivity index (χ4v) is 3.26. The molecule has 0 amide bonds.